The third kappa shape index (κ3) is 2.72. The van der Waals surface area contributed by atoms with Gasteiger partial charge in [-0.2, -0.15) is 13.2 Å². The number of nitrogen functional groups attached to an aromatic ring is 2. The largest absolute Gasteiger partial charge is 0.402 e. The van der Waals surface area contributed by atoms with Crippen molar-refractivity contribution in [1.29, 1.82) is 0 Å². The molecule has 0 unspecified atom stereocenters. The van der Waals surface area contributed by atoms with E-state index in [4.69, 9.17) is 11.5 Å². The predicted octanol–water partition coefficient (Wildman–Crippen LogP) is 4.95. The Kier molecular flexibility index (Phi) is 4.33. The second kappa shape index (κ2) is 5.72. The third-order valence-electron chi connectivity index (χ3n) is 4.91. The molecule has 0 spiro atoms. The van der Waals surface area contributed by atoms with Crippen LogP contribution in [0.2, 0.25) is 0 Å². The monoisotopic (exact) mass is 336 g/mol. The Morgan fingerprint density at radius 1 is 0.667 bits per heavy atom. The van der Waals surface area contributed by atoms with Gasteiger partial charge in [0.1, 0.15) is 5.41 Å². The molecule has 0 radical (unpaired) electrons. The molecule has 2 aromatic rings. The smallest absolute Gasteiger partial charge is 0.398 e. The molecule has 0 atom stereocenters. The van der Waals surface area contributed by atoms with E-state index in [9.17, 15) is 13.2 Å². The molecule has 130 valence electrons. The fourth-order valence-electron chi connectivity index (χ4n) is 3.02. The second-order valence-electron chi connectivity index (χ2n) is 6.67. The Morgan fingerprint density at radius 2 is 0.917 bits per heavy atom. The molecule has 2 aromatic carbocycles. The zero-order chi connectivity index (χ0) is 18.4. The van der Waals surface area contributed by atoms with Crippen LogP contribution in [0.25, 0.3) is 0 Å². The highest BCUT2D eigenvalue weighted by atomic mass is 19.4. The fraction of sp³-hybridized carbons (Fsp3) is 0.368. The first kappa shape index (κ1) is 18.2. The van der Waals surface area contributed by atoms with E-state index in [1.165, 1.54) is 31.2 Å². The molecule has 0 aliphatic carbocycles. The third-order valence-corrected chi connectivity index (χ3v) is 4.91. The summed E-state index contributed by atoms with van der Waals surface area (Å²) in [5, 5.41) is 0. The summed E-state index contributed by atoms with van der Waals surface area (Å²) in [4.78, 5) is 0. The van der Waals surface area contributed by atoms with Gasteiger partial charge in [-0.15, -0.1) is 0 Å². The van der Waals surface area contributed by atoms with Crippen molar-refractivity contribution in [2.45, 2.75) is 46.2 Å². The zero-order valence-electron chi connectivity index (χ0n) is 14.6. The van der Waals surface area contributed by atoms with Crippen molar-refractivity contribution in [2.24, 2.45) is 0 Å². The molecule has 0 aliphatic rings. The van der Waals surface area contributed by atoms with Crippen molar-refractivity contribution in [3.05, 3.63) is 57.6 Å². The van der Waals surface area contributed by atoms with Crippen molar-refractivity contribution in [2.75, 3.05) is 11.5 Å². The number of aryl methyl sites for hydroxylation is 4. The van der Waals surface area contributed by atoms with E-state index in [0.29, 0.717) is 33.6 Å². The van der Waals surface area contributed by atoms with Crippen molar-refractivity contribution >= 4 is 11.4 Å². The second-order valence-corrected chi connectivity index (χ2v) is 6.67. The molecule has 0 amide bonds. The maximum atomic E-state index is 14.1. The lowest BCUT2D eigenvalue weighted by Gasteiger charge is -2.34. The summed E-state index contributed by atoms with van der Waals surface area (Å²) in [7, 11) is 0. The van der Waals surface area contributed by atoms with Gasteiger partial charge in [-0.3, -0.25) is 0 Å². The van der Waals surface area contributed by atoms with Crippen LogP contribution in [0.1, 0.15) is 40.3 Å². The van der Waals surface area contributed by atoms with Crippen LogP contribution in [0.4, 0.5) is 24.5 Å². The molecule has 5 heteroatoms. The van der Waals surface area contributed by atoms with Crippen LogP contribution >= 0.6 is 0 Å². The molecule has 0 aromatic heterocycles. The number of nitrogens with two attached hydrogens (primary N) is 2. The van der Waals surface area contributed by atoms with E-state index in [-0.39, 0.29) is 11.1 Å². The number of anilines is 2. The molecule has 24 heavy (non-hydrogen) atoms. The number of alkyl halides is 3. The SMILES string of the molecule is Cc1cc(C(C)(c2cc(C)c(N)c(C)c2)C(F)(F)F)cc(C)c1N. The minimum Gasteiger partial charge on any atom is -0.398 e. The molecule has 0 fully saturated rings. The van der Waals surface area contributed by atoms with Gasteiger partial charge in [0, 0.05) is 11.4 Å². The van der Waals surface area contributed by atoms with Crippen molar-refractivity contribution in [3.8, 4) is 0 Å². The Labute approximate surface area is 140 Å². The molecule has 2 rings (SSSR count). The number of benzene rings is 2. The molecule has 4 N–H and O–H groups in total. The Balaban J connectivity index is 2.83. The number of hydrogen-bond donors (Lipinski definition) is 2. The Bertz CT molecular complexity index is 688. The minimum atomic E-state index is -4.46. The summed E-state index contributed by atoms with van der Waals surface area (Å²) < 4.78 is 42.4. The topological polar surface area (TPSA) is 52.0 Å². The lowest BCUT2D eigenvalue weighted by Crippen LogP contribution is -2.41. The van der Waals surface area contributed by atoms with Crippen molar-refractivity contribution in [1.82, 2.24) is 0 Å². The normalized spacial score (nSPS) is 12.5. The highest BCUT2D eigenvalue weighted by Crippen LogP contribution is 2.47. The molecule has 0 bridgehead atoms. The first-order valence-electron chi connectivity index (χ1n) is 7.70. The van der Waals surface area contributed by atoms with Gasteiger partial charge in [-0.25, -0.2) is 0 Å². The minimum absolute atomic E-state index is 0.183. The van der Waals surface area contributed by atoms with Gasteiger partial charge >= 0.3 is 6.18 Å². The average Bonchev–Trinajstić information content (AvgIpc) is 2.47. The Hall–Kier alpha value is -2.17. The molecular formula is C19H23F3N2. The van der Waals surface area contributed by atoms with Gasteiger partial charge in [0.15, 0.2) is 0 Å². The van der Waals surface area contributed by atoms with Crippen molar-refractivity contribution in [3.63, 3.8) is 0 Å². The van der Waals surface area contributed by atoms with Crippen LogP contribution in [0, 0.1) is 27.7 Å². The maximum absolute atomic E-state index is 14.1. The van der Waals surface area contributed by atoms with E-state index in [1.807, 2.05) is 0 Å². The van der Waals surface area contributed by atoms with Crippen molar-refractivity contribution < 1.29 is 13.2 Å². The van der Waals surface area contributed by atoms with Gasteiger partial charge in [0.2, 0.25) is 0 Å². The summed E-state index contributed by atoms with van der Waals surface area (Å²) in [5.74, 6) is 0. The van der Waals surface area contributed by atoms with E-state index in [0.717, 1.165) is 0 Å². The van der Waals surface area contributed by atoms with Crippen LogP contribution in [0.3, 0.4) is 0 Å². The summed E-state index contributed by atoms with van der Waals surface area (Å²) in [6.45, 7) is 8.11. The van der Waals surface area contributed by atoms with Crippen LogP contribution < -0.4 is 11.5 Å². The van der Waals surface area contributed by atoms with Gasteiger partial charge in [-0.05, 0) is 68.0 Å². The highest BCUT2D eigenvalue weighted by Gasteiger charge is 2.53. The summed E-state index contributed by atoms with van der Waals surface area (Å²) in [6.07, 6.45) is -4.46. The van der Waals surface area contributed by atoms with Gasteiger partial charge in [-0.1, -0.05) is 24.3 Å². The molecule has 0 saturated carbocycles. The predicted molar refractivity (Wildman–Crippen MR) is 93.2 cm³/mol. The molecule has 0 heterocycles. The molecule has 2 nitrogen and oxygen atoms in total. The maximum Gasteiger partial charge on any atom is 0.402 e. The fourth-order valence-corrected chi connectivity index (χ4v) is 3.02. The average molecular weight is 336 g/mol. The van der Waals surface area contributed by atoms with Crippen LogP contribution in [0.5, 0.6) is 0 Å². The summed E-state index contributed by atoms with van der Waals surface area (Å²) in [5.41, 5.74) is 13.7. The molecular weight excluding hydrogens is 313 g/mol. The Morgan fingerprint density at radius 3 is 1.12 bits per heavy atom. The summed E-state index contributed by atoms with van der Waals surface area (Å²) in [6, 6.07) is 6.10. The summed E-state index contributed by atoms with van der Waals surface area (Å²) >= 11 is 0. The lowest BCUT2D eigenvalue weighted by molar-refractivity contribution is -0.173. The van der Waals surface area contributed by atoms with Gasteiger partial charge in [0.05, 0.1) is 0 Å². The number of rotatable bonds is 2. The molecule has 0 aliphatic heterocycles. The van der Waals surface area contributed by atoms with Gasteiger partial charge in [0.25, 0.3) is 0 Å². The standard InChI is InChI=1S/C19H23F3N2/c1-10-6-14(7-11(2)16(10)23)18(5,19(20,21)22)15-8-12(3)17(24)13(4)9-15/h6-9H,23-24H2,1-5H3. The van der Waals surface area contributed by atoms with E-state index < -0.39 is 11.6 Å². The van der Waals surface area contributed by atoms with Crippen LogP contribution in [-0.4, -0.2) is 6.18 Å². The highest BCUT2D eigenvalue weighted by molar-refractivity contribution is 5.60. The van der Waals surface area contributed by atoms with E-state index in [2.05, 4.69) is 0 Å². The number of halogens is 3. The first-order chi connectivity index (χ1) is 10.9. The van der Waals surface area contributed by atoms with E-state index in [1.54, 1.807) is 27.7 Å². The van der Waals surface area contributed by atoms with Gasteiger partial charge < -0.3 is 11.5 Å². The van der Waals surface area contributed by atoms with Crippen LogP contribution in [-0.2, 0) is 5.41 Å². The first-order valence-corrected chi connectivity index (χ1v) is 7.70. The quantitative estimate of drug-likeness (QED) is 0.762. The zero-order valence-corrected chi connectivity index (χ0v) is 14.6. The number of hydrogen-bond acceptors (Lipinski definition) is 2. The molecule has 0 saturated heterocycles. The lowest BCUT2D eigenvalue weighted by atomic mass is 9.73. The van der Waals surface area contributed by atoms with Crippen LogP contribution in [0.15, 0.2) is 24.3 Å². The van der Waals surface area contributed by atoms with E-state index >= 15 is 0 Å².